The predicted octanol–water partition coefficient (Wildman–Crippen LogP) is 4.27. The number of benzene rings is 2. The van der Waals surface area contributed by atoms with Gasteiger partial charge >= 0.3 is 0 Å². The molecule has 4 heteroatoms. The van der Waals surface area contributed by atoms with Crippen LogP contribution in [-0.4, -0.2) is 4.98 Å². The molecule has 1 heterocycles. The Hall–Kier alpha value is -1.97. The number of halogens is 2. The molecule has 2 aromatic carbocycles. The van der Waals surface area contributed by atoms with Crippen molar-refractivity contribution in [3.8, 4) is 0 Å². The molecular formula is C17H14ClFN2. The van der Waals surface area contributed by atoms with Crippen LogP contribution in [0.15, 0.2) is 54.7 Å². The molecule has 1 aromatic heterocycles. The van der Waals surface area contributed by atoms with Gasteiger partial charge in [-0.2, -0.15) is 0 Å². The summed E-state index contributed by atoms with van der Waals surface area (Å²) in [6, 6.07) is 14.3. The van der Waals surface area contributed by atoms with Gasteiger partial charge in [-0.05, 0) is 29.5 Å². The Kier molecular flexibility index (Phi) is 3.86. The van der Waals surface area contributed by atoms with E-state index in [0.717, 1.165) is 16.5 Å². The minimum atomic E-state index is -0.424. The first-order valence-electron chi connectivity index (χ1n) is 6.69. The Balaban J connectivity index is 1.97. The molecule has 106 valence electrons. The molecule has 0 bridgehead atoms. The molecule has 0 amide bonds. The van der Waals surface area contributed by atoms with Crippen LogP contribution in [0.2, 0.25) is 5.02 Å². The van der Waals surface area contributed by atoms with Crippen molar-refractivity contribution in [1.29, 1.82) is 0 Å². The van der Waals surface area contributed by atoms with E-state index in [2.05, 4.69) is 4.98 Å². The van der Waals surface area contributed by atoms with Gasteiger partial charge in [-0.25, -0.2) is 4.39 Å². The number of nitrogens with two attached hydrogens (primary N) is 1. The fourth-order valence-electron chi connectivity index (χ4n) is 2.48. The van der Waals surface area contributed by atoms with Crippen molar-refractivity contribution in [2.75, 3.05) is 0 Å². The van der Waals surface area contributed by atoms with Crippen LogP contribution < -0.4 is 5.73 Å². The van der Waals surface area contributed by atoms with Crippen LogP contribution in [0.4, 0.5) is 4.39 Å². The van der Waals surface area contributed by atoms with Gasteiger partial charge in [0.15, 0.2) is 0 Å². The van der Waals surface area contributed by atoms with E-state index in [1.54, 1.807) is 18.3 Å². The Morgan fingerprint density at radius 2 is 1.90 bits per heavy atom. The third-order valence-corrected chi connectivity index (χ3v) is 3.95. The highest BCUT2D eigenvalue weighted by molar-refractivity contribution is 6.31. The van der Waals surface area contributed by atoms with Gasteiger partial charge in [-0.1, -0.05) is 48.0 Å². The summed E-state index contributed by atoms with van der Waals surface area (Å²) in [5.74, 6) is -0.424. The molecular weight excluding hydrogens is 287 g/mol. The lowest BCUT2D eigenvalue weighted by atomic mass is 9.99. The van der Waals surface area contributed by atoms with Crippen molar-refractivity contribution in [3.63, 3.8) is 0 Å². The Morgan fingerprint density at radius 1 is 1.10 bits per heavy atom. The molecule has 0 fully saturated rings. The molecule has 0 saturated carbocycles. The zero-order valence-electron chi connectivity index (χ0n) is 11.3. The largest absolute Gasteiger partial charge is 0.322 e. The zero-order chi connectivity index (χ0) is 14.8. The highest BCUT2D eigenvalue weighted by Gasteiger charge is 2.15. The molecule has 0 spiro atoms. The molecule has 0 aliphatic carbocycles. The van der Waals surface area contributed by atoms with E-state index in [1.807, 2.05) is 30.3 Å². The van der Waals surface area contributed by atoms with E-state index in [4.69, 9.17) is 17.3 Å². The summed E-state index contributed by atoms with van der Waals surface area (Å²) < 4.78 is 13.5. The molecule has 0 saturated heterocycles. The second-order valence-corrected chi connectivity index (χ2v) is 5.32. The third kappa shape index (κ3) is 2.75. The number of fused-ring (bicyclic) bond motifs is 1. The molecule has 2 N–H and O–H groups in total. The van der Waals surface area contributed by atoms with Gasteiger partial charge < -0.3 is 5.73 Å². The summed E-state index contributed by atoms with van der Waals surface area (Å²) in [5.41, 5.74) is 7.76. The lowest BCUT2D eigenvalue weighted by Crippen LogP contribution is -2.15. The van der Waals surface area contributed by atoms with Crippen LogP contribution in [0.25, 0.3) is 10.8 Å². The number of rotatable bonds is 3. The molecule has 0 aliphatic rings. The highest BCUT2D eigenvalue weighted by Crippen LogP contribution is 2.27. The van der Waals surface area contributed by atoms with Crippen LogP contribution in [0.5, 0.6) is 0 Å². The highest BCUT2D eigenvalue weighted by atomic mass is 35.5. The maximum Gasteiger partial charge on any atom is 0.142 e. The second-order valence-electron chi connectivity index (χ2n) is 4.94. The SMILES string of the molecule is NC(Cc1cccc(F)c1Cl)c1nccc2ccccc12. The first kappa shape index (κ1) is 14.0. The van der Waals surface area contributed by atoms with Gasteiger partial charge in [-0.3, -0.25) is 4.98 Å². The fourth-order valence-corrected chi connectivity index (χ4v) is 2.68. The fraction of sp³-hybridized carbons (Fsp3) is 0.118. The van der Waals surface area contributed by atoms with E-state index in [0.29, 0.717) is 12.0 Å². The number of aromatic nitrogens is 1. The molecule has 21 heavy (non-hydrogen) atoms. The Labute approximate surface area is 127 Å². The topological polar surface area (TPSA) is 38.9 Å². The average Bonchev–Trinajstić information content (AvgIpc) is 2.51. The van der Waals surface area contributed by atoms with Gasteiger partial charge in [0.2, 0.25) is 0 Å². The summed E-state index contributed by atoms with van der Waals surface area (Å²) in [5, 5.41) is 2.23. The van der Waals surface area contributed by atoms with E-state index in [1.165, 1.54) is 6.07 Å². The predicted molar refractivity (Wildman–Crippen MR) is 83.8 cm³/mol. The molecule has 1 atom stereocenters. The van der Waals surface area contributed by atoms with Gasteiger partial charge in [-0.15, -0.1) is 0 Å². The summed E-state index contributed by atoms with van der Waals surface area (Å²) in [6.07, 6.45) is 2.18. The van der Waals surface area contributed by atoms with Crippen LogP contribution in [0.1, 0.15) is 17.3 Å². The maximum absolute atomic E-state index is 13.5. The second kappa shape index (κ2) is 5.80. The van der Waals surface area contributed by atoms with Gasteiger partial charge in [0.25, 0.3) is 0 Å². The number of hydrogen-bond donors (Lipinski definition) is 1. The molecule has 1 unspecified atom stereocenters. The van der Waals surface area contributed by atoms with Gasteiger partial charge in [0.1, 0.15) is 5.82 Å². The molecule has 3 rings (SSSR count). The van der Waals surface area contributed by atoms with Crippen molar-refractivity contribution in [2.24, 2.45) is 5.73 Å². The van der Waals surface area contributed by atoms with E-state index < -0.39 is 5.82 Å². The van der Waals surface area contributed by atoms with Gasteiger partial charge in [0.05, 0.1) is 16.8 Å². The lowest BCUT2D eigenvalue weighted by Gasteiger charge is -2.14. The summed E-state index contributed by atoms with van der Waals surface area (Å²) in [6.45, 7) is 0. The first-order valence-corrected chi connectivity index (χ1v) is 7.06. The van der Waals surface area contributed by atoms with Crippen LogP contribution in [0, 0.1) is 5.82 Å². The van der Waals surface area contributed by atoms with Crippen molar-refractivity contribution in [1.82, 2.24) is 4.98 Å². The minimum Gasteiger partial charge on any atom is -0.322 e. The average molecular weight is 301 g/mol. The summed E-state index contributed by atoms with van der Waals surface area (Å²) in [4.78, 5) is 4.39. The summed E-state index contributed by atoms with van der Waals surface area (Å²) >= 11 is 5.99. The van der Waals surface area contributed by atoms with Crippen LogP contribution in [0.3, 0.4) is 0 Å². The third-order valence-electron chi connectivity index (χ3n) is 3.53. The monoisotopic (exact) mass is 300 g/mol. The maximum atomic E-state index is 13.5. The molecule has 0 radical (unpaired) electrons. The quantitative estimate of drug-likeness (QED) is 0.784. The number of pyridine rings is 1. The van der Waals surface area contributed by atoms with Crippen LogP contribution >= 0.6 is 11.6 Å². The number of nitrogens with zero attached hydrogens (tertiary/aromatic N) is 1. The Morgan fingerprint density at radius 3 is 2.76 bits per heavy atom. The molecule has 3 aromatic rings. The van der Waals surface area contributed by atoms with Crippen molar-refractivity contribution in [3.05, 3.63) is 76.8 Å². The smallest absolute Gasteiger partial charge is 0.142 e. The number of hydrogen-bond acceptors (Lipinski definition) is 2. The lowest BCUT2D eigenvalue weighted by molar-refractivity contribution is 0.621. The van der Waals surface area contributed by atoms with Crippen LogP contribution in [-0.2, 0) is 6.42 Å². The zero-order valence-corrected chi connectivity index (χ0v) is 12.0. The van der Waals surface area contributed by atoms with E-state index in [9.17, 15) is 4.39 Å². The van der Waals surface area contributed by atoms with E-state index in [-0.39, 0.29) is 11.1 Å². The van der Waals surface area contributed by atoms with Crippen molar-refractivity contribution < 1.29 is 4.39 Å². The van der Waals surface area contributed by atoms with Gasteiger partial charge in [0, 0.05) is 11.6 Å². The standard InChI is InChI=1S/C17H14ClFN2/c18-16-12(5-3-7-14(16)19)10-15(20)17-13-6-2-1-4-11(13)8-9-21-17/h1-9,15H,10,20H2. The normalized spacial score (nSPS) is 12.5. The molecule has 2 nitrogen and oxygen atoms in total. The van der Waals surface area contributed by atoms with Crippen molar-refractivity contribution in [2.45, 2.75) is 12.5 Å². The minimum absolute atomic E-state index is 0.133. The van der Waals surface area contributed by atoms with Crippen molar-refractivity contribution >= 4 is 22.4 Å². The first-order chi connectivity index (χ1) is 10.2. The molecule has 0 aliphatic heterocycles. The van der Waals surface area contributed by atoms with E-state index >= 15 is 0 Å². The summed E-state index contributed by atoms with van der Waals surface area (Å²) in [7, 11) is 0. The Bertz CT molecular complexity index is 783.